The fourth-order valence-corrected chi connectivity index (χ4v) is 5.83. The van der Waals surface area contributed by atoms with E-state index in [0.717, 1.165) is 24.0 Å². The Morgan fingerprint density at radius 2 is 1.83 bits per heavy atom. The molecule has 6 nitrogen and oxygen atoms in total. The Kier molecular flexibility index (Phi) is 5.87. The number of amides is 1. The molecule has 2 aromatic carbocycles. The molecule has 2 aliphatic rings. The quantitative estimate of drug-likeness (QED) is 0.814. The summed E-state index contributed by atoms with van der Waals surface area (Å²) < 4.78 is 34.3. The van der Waals surface area contributed by atoms with E-state index in [9.17, 15) is 13.2 Å². The summed E-state index contributed by atoms with van der Waals surface area (Å²) in [4.78, 5) is 14.0. The van der Waals surface area contributed by atoms with Gasteiger partial charge in [0.1, 0.15) is 6.61 Å². The summed E-state index contributed by atoms with van der Waals surface area (Å²) in [6, 6.07) is 17.2. The summed E-state index contributed by atoms with van der Waals surface area (Å²) in [6.45, 7) is 0.869. The molecule has 2 atom stereocenters. The van der Waals surface area contributed by atoms with Crippen LogP contribution in [0.2, 0.25) is 0 Å². The largest absolute Gasteiger partial charge is 0.445 e. The predicted octanol–water partition coefficient (Wildman–Crippen LogP) is 3.39. The van der Waals surface area contributed by atoms with Crippen molar-refractivity contribution in [3.05, 3.63) is 71.3 Å². The van der Waals surface area contributed by atoms with Crippen LogP contribution in [0.5, 0.6) is 0 Å². The highest BCUT2D eigenvalue weighted by molar-refractivity contribution is 7.90. The number of sulfonamides is 1. The Balaban J connectivity index is 1.36. The van der Waals surface area contributed by atoms with E-state index in [1.807, 2.05) is 48.5 Å². The van der Waals surface area contributed by atoms with Gasteiger partial charge >= 0.3 is 6.09 Å². The zero-order valence-electron chi connectivity index (χ0n) is 16.3. The van der Waals surface area contributed by atoms with Crippen LogP contribution in [0.25, 0.3) is 0 Å². The van der Waals surface area contributed by atoms with Crippen LogP contribution >= 0.6 is 0 Å². The molecule has 2 aromatic rings. The average molecular weight is 415 g/mol. The SMILES string of the molecule is O=C(OCc1ccccc1)N1CCC[C@@H](S(=O)(=O)N[C@H]2CCc3ccccc32)C1. The minimum absolute atomic E-state index is 0.164. The maximum atomic E-state index is 13.0. The van der Waals surface area contributed by atoms with Crippen molar-refractivity contribution in [1.82, 2.24) is 9.62 Å². The van der Waals surface area contributed by atoms with E-state index >= 15 is 0 Å². The van der Waals surface area contributed by atoms with Crippen molar-refractivity contribution in [3.8, 4) is 0 Å². The number of nitrogens with zero attached hydrogens (tertiary/aromatic N) is 1. The van der Waals surface area contributed by atoms with Gasteiger partial charge in [-0.25, -0.2) is 17.9 Å². The lowest BCUT2D eigenvalue weighted by atomic mass is 10.1. The third-order valence-corrected chi connectivity index (χ3v) is 7.60. The number of benzene rings is 2. The monoisotopic (exact) mass is 414 g/mol. The van der Waals surface area contributed by atoms with Gasteiger partial charge in [0.2, 0.25) is 10.0 Å². The minimum Gasteiger partial charge on any atom is -0.445 e. The van der Waals surface area contributed by atoms with E-state index in [0.29, 0.717) is 19.4 Å². The number of rotatable bonds is 5. The molecule has 1 amide bonds. The lowest BCUT2D eigenvalue weighted by molar-refractivity contribution is 0.0899. The first-order valence-corrected chi connectivity index (χ1v) is 11.6. The van der Waals surface area contributed by atoms with E-state index in [1.54, 1.807) is 0 Å². The van der Waals surface area contributed by atoms with Crippen LogP contribution in [0.1, 0.15) is 42.0 Å². The lowest BCUT2D eigenvalue weighted by Gasteiger charge is -2.32. The number of piperidine rings is 1. The Morgan fingerprint density at radius 3 is 2.66 bits per heavy atom. The second-order valence-electron chi connectivity index (χ2n) is 7.70. The van der Waals surface area contributed by atoms with Crippen molar-refractivity contribution in [1.29, 1.82) is 0 Å². The van der Waals surface area contributed by atoms with E-state index < -0.39 is 21.4 Å². The Morgan fingerprint density at radius 1 is 1.07 bits per heavy atom. The van der Waals surface area contributed by atoms with Crippen molar-refractivity contribution in [2.45, 2.75) is 43.6 Å². The third-order valence-electron chi connectivity index (χ3n) is 5.72. The Hall–Kier alpha value is -2.38. The first-order chi connectivity index (χ1) is 14.0. The van der Waals surface area contributed by atoms with E-state index in [2.05, 4.69) is 10.8 Å². The average Bonchev–Trinajstić information content (AvgIpc) is 3.15. The van der Waals surface area contributed by atoms with Gasteiger partial charge in [-0.05, 0) is 42.4 Å². The molecular formula is C22H26N2O4S. The van der Waals surface area contributed by atoms with Gasteiger partial charge in [0.15, 0.2) is 0 Å². The zero-order valence-corrected chi connectivity index (χ0v) is 17.1. The fraction of sp³-hybridized carbons (Fsp3) is 0.409. The van der Waals surface area contributed by atoms with Gasteiger partial charge in [-0.3, -0.25) is 0 Å². The summed E-state index contributed by atoms with van der Waals surface area (Å²) in [5, 5.41) is -0.617. The minimum atomic E-state index is -3.54. The summed E-state index contributed by atoms with van der Waals surface area (Å²) in [5.41, 5.74) is 3.17. The van der Waals surface area contributed by atoms with Gasteiger partial charge in [0.05, 0.1) is 5.25 Å². The molecular weight excluding hydrogens is 388 g/mol. The van der Waals surface area contributed by atoms with Gasteiger partial charge in [0, 0.05) is 19.1 Å². The summed E-state index contributed by atoms with van der Waals surface area (Å²) >= 11 is 0. The molecule has 0 bridgehead atoms. The number of hydrogen-bond donors (Lipinski definition) is 1. The number of aryl methyl sites for hydroxylation is 1. The zero-order chi connectivity index (χ0) is 20.3. The number of hydrogen-bond acceptors (Lipinski definition) is 4. The fourth-order valence-electron chi connectivity index (χ4n) is 4.14. The normalized spacial score (nSPS) is 21.6. The topological polar surface area (TPSA) is 75.7 Å². The van der Waals surface area contributed by atoms with Gasteiger partial charge in [-0.2, -0.15) is 0 Å². The molecule has 29 heavy (non-hydrogen) atoms. The van der Waals surface area contributed by atoms with E-state index in [4.69, 9.17) is 4.74 Å². The highest BCUT2D eigenvalue weighted by Gasteiger charge is 2.36. The predicted molar refractivity (Wildman–Crippen MR) is 111 cm³/mol. The molecule has 0 radical (unpaired) electrons. The van der Waals surface area contributed by atoms with Crippen LogP contribution in [0.15, 0.2) is 54.6 Å². The van der Waals surface area contributed by atoms with E-state index in [1.165, 1.54) is 10.5 Å². The van der Waals surface area contributed by atoms with Crippen LogP contribution < -0.4 is 4.72 Å². The van der Waals surface area contributed by atoms with Crippen molar-refractivity contribution in [2.75, 3.05) is 13.1 Å². The second kappa shape index (κ2) is 8.55. The van der Waals surface area contributed by atoms with Crippen molar-refractivity contribution in [2.24, 2.45) is 0 Å². The smallest absolute Gasteiger partial charge is 0.410 e. The van der Waals surface area contributed by atoms with Crippen LogP contribution in [-0.4, -0.2) is 37.8 Å². The molecule has 1 aliphatic carbocycles. The molecule has 4 rings (SSSR count). The number of ether oxygens (including phenoxy) is 1. The molecule has 1 fully saturated rings. The third kappa shape index (κ3) is 4.62. The molecule has 0 unspecified atom stereocenters. The van der Waals surface area contributed by atoms with Crippen LogP contribution in [0.3, 0.4) is 0 Å². The molecule has 1 heterocycles. The summed E-state index contributed by atoms with van der Waals surface area (Å²) in [7, 11) is -3.54. The number of fused-ring (bicyclic) bond motifs is 1. The molecule has 7 heteroatoms. The molecule has 0 saturated carbocycles. The maximum Gasteiger partial charge on any atom is 0.410 e. The van der Waals surface area contributed by atoms with Gasteiger partial charge in [0.25, 0.3) is 0 Å². The molecule has 1 saturated heterocycles. The highest BCUT2D eigenvalue weighted by atomic mass is 32.2. The standard InChI is InChI=1S/C22H26N2O4S/c25-22(28-16-17-7-2-1-3-8-17)24-14-6-10-19(15-24)29(26,27)23-21-13-12-18-9-4-5-11-20(18)21/h1-5,7-9,11,19,21,23H,6,10,12-16H2/t19-,21+/m1/s1. The van der Waals surface area contributed by atoms with Gasteiger partial charge < -0.3 is 9.64 Å². The van der Waals surface area contributed by atoms with Crippen molar-refractivity contribution in [3.63, 3.8) is 0 Å². The van der Waals surface area contributed by atoms with Crippen LogP contribution in [-0.2, 0) is 27.8 Å². The molecule has 0 spiro atoms. The second-order valence-corrected chi connectivity index (χ2v) is 9.70. The first kappa shape index (κ1) is 19.9. The van der Waals surface area contributed by atoms with Gasteiger partial charge in [-0.15, -0.1) is 0 Å². The summed E-state index contributed by atoms with van der Waals surface area (Å²) in [5.74, 6) is 0. The van der Waals surface area contributed by atoms with E-state index in [-0.39, 0.29) is 19.2 Å². The molecule has 0 aromatic heterocycles. The number of carbonyl (C=O) groups is 1. The Labute approximate surface area is 171 Å². The van der Waals surface area contributed by atoms with Crippen LogP contribution in [0.4, 0.5) is 4.79 Å². The first-order valence-electron chi connectivity index (χ1n) is 10.1. The van der Waals surface area contributed by atoms with Crippen molar-refractivity contribution >= 4 is 16.1 Å². The highest BCUT2D eigenvalue weighted by Crippen LogP contribution is 2.32. The van der Waals surface area contributed by atoms with Crippen LogP contribution in [0, 0.1) is 0 Å². The maximum absolute atomic E-state index is 13.0. The van der Waals surface area contributed by atoms with Gasteiger partial charge in [-0.1, -0.05) is 54.6 Å². The van der Waals surface area contributed by atoms with Crippen molar-refractivity contribution < 1.29 is 17.9 Å². The summed E-state index contributed by atoms with van der Waals surface area (Å²) in [6.07, 6.45) is 2.39. The molecule has 154 valence electrons. The number of carbonyl (C=O) groups excluding carboxylic acids is 1. The number of likely N-dealkylation sites (tertiary alicyclic amines) is 1. The Bertz CT molecular complexity index is 962. The number of nitrogens with one attached hydrogen (secondary N) is 1. The lowest BCUT2D eigenvalue weighted by Crippen LogP contribution is -2.48. The molecule has 1 N–H and O–H groups in total. The molecule has 1 aliphatic heterocycles.